The van der Waals surface area contributed by atoms with E-state index in [0.29, 0.717) is 22.5 Å². The van der Waals surface area contributed by atoms with Crippen LogP contribution in [-0.2, 0) is 9.53 Å². The number of ketones is 1. The van der Waals surface area contributed by atoms with Gasteiger partial charge in [-0.3, -0.25) is 14.6 Å². The summed E-state index contributed by atoms with van der Waals surface area (Å²) < 4.78 is 5.31. The predicted octanol–water partition coefficient (Wildman–Crippen LogP) is 4.57. The summed E-state index contributed by atoms with van der Waals surface area (Å²) in [7, 11) is 0. The van der Waals surface area contributed by atoms with Crippen molar-refractivity contribution in [1.82, 2.24) is 4.98 Å². The van der Waals surface area contributed by atoms with Gasteiger partial charge in [-0.1, -0.05) is 24.3 Å². The molecule has 30 heavy (non-hydrogen) atoms. The van der Waals surface area contributed by atoms with E-state index in [4.69, 9.17) is 4.74 Å². The average molecular weight is 423 g/mol. The van der Waals surface area contributed by atoms with Crippen LogP contribution in [0.1, 0.15) is 38.9 Å². The number of aromatic nitrogens is 1. The van der Waals surface area contributed by atoms with Crippen molar-refractivity contribution >= 4 is 46.0 Å². The zero-order chi connectivity index (χ0) is 21.8. The molecule has 0 fully saturated rings. The first-order valence-electron chi connectivity index (χ1n) is 9.33. The Labute approximate surface area is 179 Å². The van der Waals surface area contributed by atoms with Crippen molar-refractivity contribution in [3.8, 4) is 0 Å². The number of fused-ring (bicyclic) bond motifs is 1. The number of pyridine rings is 1. The van der Waals surface area contributed by atoms with Crippen LogP contribution in [0.4, 0.5) is 5.69 Å². The van der Waals surface area contributed by atoms with Gasteiger partial charge in [-0.15, -0.1) is 11.8 Å². The number of ether oxygens (including phenoxy) is 1. The number of anilines is 1. The minimum atomic E-state index is -0.584. The summed E-state index contributed by atoms with van der Waals surface area (Å²) in [6.07, 6.45) is 1.88. The number of benzene rings is 2. The Morgan fingerprint density at radius 3 is 2.53 bits per heavy atom. The lowest BCUT2D eigenvalue weighted by molar-refractivity contribution is -0.114. The molecular weight excluding hydrogens is 400 g/mol. The Morgan fingerprint density at radius 1 is 1.10 bits per heavy atom. The molecule has 0 unspecified atom stereocenters. The number of rotatable bonds is 6. The summed E-state index contributed by atoms with van der Waals surface area (Å²) in [5.74, 6) is -1.16. The second kappa shape index (κ2) is 9.09. The molecule has 0 bridgehead atoms. The Hall–Kier alpha value is -3.19. The first-order valence-corrected chi connectivity index (χ1v) is 10.6. The van der Waals surface area contributed by atoms with E-state index in [2.05, 4.69) is 10.3 Å². The first kappa shape index (κ1) is 21.5. The quantitative estimate of drug-likeness (QED) is 0.356. The molecule has 1 aromatic heterocycles. The van der Waals surface area contributed by atoms with Gasteiger partial charge in [0.15, 0.2) is 12.4 Å². The molecule has 0 aliphatic rings. The van der Waals surface area contributed by atoms with Gasteiger partial charge in [0.05, 0.1) is 22.5 Å². The van der Waals surface area contributed by atoms with Gasteiger partial charge in [-0.25, -0.2) is 4.79 Å². The van der Waals surface area contributed by atoms with Crippen LogP contribution >= 0.6 is 11.8 Å². The Balaban J connectivity index is 1.79. The van der Waals surface area contributed by atoms with Crippen molar-refractivity contribution in [2.45, 2.75) is 25.7 Å². The van der Waals surface area contributed by atoms with E-state index in [0.717, 1.165) is 21.4 Å². The fraction of sp³-hybridized carbons (Fsp3) is 0.217. The van der Waals surface area contributed by atoms with E-state index < -0.39 is 12.6 Å². The summed E-state index contributed by atoms with van der Waals surface area (Å²) in [5.41, 5.74) is 3.42. The van der Waals surface area contributed by atoms with Gasteiger partial charge in [-0.05, 0) is 43.9 Å². The minimum Gasteiger partial charge on any atom is -0.454 e. The van der Waals surface area contributed by atoms with E-state index in [1.165, 1.54) is 18.7 Å². The van der Waals surface area contributed by atoms with Crippen LogP contribution in [0.5, 0.6) is 0 Å². The molecule has 0 radical (unpaired) electrons. The van der Waals surface area contributed by atoms with E-state index in [9.17, 15) is 14.4 Å². The number of nitrogens with one attached hydrogen (secondary N) is 1. The van der Waals surface area contributed by atoms with Crippen molar-refractivity contribution < 1.29 is 19.1 Å². The molecule has 1 heterocycles. The molecule has 1 amide bonds. The molecule has 3 aromatic rings. The standard InChI is InChI=1S/C23H22N2O4S/c1-13-17-7-5-6-8-18(17)24-14(2)22(13)23(28)29-12-20(27)16-9-10-21(30-4)19(11-16)25-15(3)26/h5-11H,12H2,1-4H3,(H,25,26). The molecule has 154 valence electrons. The molecule has 2 aromatic carbocycles. The highest BCUT2D eigenvalue weighted by atomic mass is 32.2. The van der Waals surface area contributed by atoms with Crippen LogP contribution in [0.2, 0.25) is 0 Å². The number of nitrogens with zero attached hydrogens (tertiary/aromatic N) is 1. The molecule has 3 rings (SSSR count). The van der Waals surface area contributed by atoms with Crippen molar-refractivity contribution in [3.63, 3.8) is 0 Å². The number of esters is 1. The summed E-state index contributed by atoms with van der Waals surface area (Å²) in [4.78, 5) is 42.0. The molecule has 0 saturated carbocycles. The van der Waals surface area contributed by atoms with Crippen LogP contribution in [0, 0.1) is 13.8 Å². The van der Waals surface area contributed by atoms with Crippen molar-refractivity contribution in [1.29, 1.82) is 0 Å². The number of carbonyl (C=O) groups is 3. The van der Waals surface area contributed by atoms with Gasteiger partial charge < -0.3 is 10.1 Å². The summed E-state index contributed by atoms with van der Waals surface area (Å²) in [6.45, 7) is 4.60. The number of hydrogen-bond acceptors (Lipinski definition) is 6. The number of thioether (sulfide) groups is 1. The monoisotopic (exact) mass is 422 g/mol. The highest BCUT2D eigenvalue weighted by Gasteiger charge is 2.19. The van der Waals surface area contributed by atoms with Crippen LogP contribution in [0.25, 0.3) is 10.9 Å². The van der Waals surface area contributed by atoms with E-state index in [1.807, 2.05) is 37.4 Å². The molecular formula is C23H22N2O4S. The SMILES string of the molecule is CSc1ccc(C(=O)COC(=O)c2c(C)nc3ccccc3c2C)cc1NC(C)=O. The second-order valence-electron chi connectivity index (χ2n) is 6.81. The maximum Gasteiger partial charge on any atom is 0.340 e. The van der Waals surface area contributed by atoms with Crippen LogP contribution in [0.3, 0.4) is 0 Å². The number of carbonyl (C=O) groups excluding carboxylic acids is 3. The third-order valence-corrected chi connectivity index (χ3v) is 5.50. The summed E-state index contributed by atoms with van der Waals surface area (Å²) in [6, 6.07) is 12.6. The fourth-order valence-corrected chi connectivity index (χ4v) is 3.82. The number of Topliss-reactive ketones (excluding diaryl/α,β-unsaturated/α-hetero) is 1. The Bertz CT molecular complexity index is 1160. The normalized spacial score (nSPS) is 10.7. The highest BCUT2D eigenvalue weighted by Crippen LogP contribution is 2.27. The van der Waals surface area contributed by atoms with Crippen molar-refractivity contribution in [3.05, 3.63) is 64.8 Å². The lowest BCUT2D eigenvalue weighted by atomic mass is 10.0. The van der Waals surface area contributed by atoms with E-state index in [1.54, 1.807) is 25.1 Å². The Kier molecular flexibility index (Phi) is 6.52. The van der Waals surface area contributed by atoms with Crippen LogP contribution in [0.15, 0.2) is 47.4 Å². The molecule has 7 heteroatoms. The average Bonchev–Trinajstić information content (AvgIpc) is 2.71. The zero-order valence-electron chi connectivity index (χ0n) is 17.2. The smallest absolute Gasteiger partial charge is 0.340 e. The maximum absolute atomic E-state index is 12.7. The molecule has 0 saturated heterocycles. The summed E-state index contributed by atoms with van der Waals surface area (Å²) in [5, 5.41) is 3.58. The van der Waals surface area contributed by atoms with E-state index in [-0.39, 0.29) is 11.7 Å². The molecule has 6 nitrogen and oxygen atoms in total. The molecule has 1 N–H and O–H groups in total. The van der Waals surface area contributed by atoms with Gasteiger partial charge in [0, 0.05) is 22.8 Å². The predicted molar refractivity (Wildman–Crippen MR) is 118 cm³/mol. The minimum absolute atomic E-state index is 0.226. The van der Waals surface area contributed by atoms with E-state index >= 15 is 0 Å². The molecule has 0 atom stereocenters. The van der Waals surface area contributed by atoms with Crippen LogP contribution < -0.4 is 5.32 Å². The third-order valence-electron chi connectivity index (χ3n) is 4.70. The lowest BCUT2D eigenvalue weighted by Gasteiger charge is -2.13. The van der Waals surface area contributed by atoms with Gasteiger partial charge >= 0.3 is 5.97 Å². The number of amides is 1. The first-order chi connectivity index (χ1) is 14.3. The second-order valence-corrected chi connectivity index (χ2v) is 7.66. The maximum atomic E-state index is 12.7. The number of aryl methyl sites for hydroxylation is 2. The van der Waals surface area contributed by atoms with Crippen LogP contribution in [-0.4, -0.2) is 35.5 Å². The fourth-order valence-electron chi connectivity index (χ4n) is 3.29. The number of para-hydroxylation sites is 1. The highest BCUT2D eigenvalue weighted by molar-refractivity contribution is 7.98. The third kappa shape index (κ3) is 4.52. The topological polar surface area (TPSA) is 85.4 Å². The Morgan fingerprint density at radius 2 is 1.83 bits per heavy atom. The van der Waals surface area contributed by atoms with Gasteiger partial charge in [0.1, 0.15) is 0 Å². The molecule has 0 aliphatic heterocycles. The lowest BCUT2D eigenvalue weighted by Crippen LogP contribution is -2.17. The van der Waals surface area contributed by atoms with Gasteiger partial charge in [0.2, 0.25) is 5.91 Å². The van der Waals surface area contributed by atoms with Crippen molar-refractivity contribution in [2.75, 3.05) is 18.2 Å². The largest absolute Gasteiger partial charge is 0.454 e. The van der Waals surface area contributed by atoms with Crippen molar-refractivity contribution in [2.24, 2.45) is 0 Å². The zero-order valence-corrected chi connectivity index (χ0v) is 18.1. The van der Waals surface area contributed by atoms with Gasteiger partial charge in [-0.2, -0.15) is 0 Å². The summed E-state index contributed by atoms with van der Waals surface area (Å²) >= 11 is 1.46. The molecule has 0 spiro atoms. The van der Waals surface area contributed by atoms with Gasteiger partial charge in [0.25, 0.3) is 0 Å². The number of hydrogen-bond donors (Lipinski definition) is 1. The molecule has 0 aliphatic carbocycles.